The summed E-state index contributed by atoms with van der Waals surface area (Å²) in [7, 11) is 1.83. The van der Waals surface area contributed by atoms with Crippen LogP contribution in [0.15, 0.2) is 30.3 Å². The van der Waals surface area contributed by atoms with E-state index in [1.807, 2.05) is 30.3 Å². The summed E-state index contributed by atoms with van der Waals surface area (Å²) >= 11 is 0. The molecule has 7 heteroatoms. The Labute approximate surface area is 141 Å². The van der Waals surface area contributed by atoms with Gasteiger partial charge in [0.05, 0.1) is 6.10 Å². The van der Waals surface area contributed by atoms with Crippen LogP contribution in [0.4, 0.5) is 0 Å². The molecule has 1 aromatic carbocycles. The van der Waals surface area contributed by atoms with E-state index >= 15 is 0 Å². The summed E-state index contributed by atoms with van der Waals surface area (Å²) in [5.74, 6) is 0.185. The zero-order valence-electron chi connectivity index (χ0n) is 13.9. The Morgan fingerprint density at radius 2 is 1.74 bits per heavy atom. The van der Waals surface area contributed by atoms with Crippen LogP contribution in [0.3, 0.4) is 0 Å². The second-order valence-corrected chi connectivity index (χ2v) is 10.8. The van der Waals surface area contributed by atoms with Crippen molar-refractivity contribution in [1.82, 2.24) is 0 Å². The maximum absolute atomic E-state index is 12.4. The summed E-state index contributed by atoms with van der Waals surface area (Å²) in [4.78, 5) is 12.4. The number of ketones is 1. The van der Waals surface area contributed by atoms with Crippen molar-refractivity contribution < 1.29 is 22.5 Å². The van der Waals surface area contributed by atoms with Crippen LogP contribution >= 0.6 is 0 Å². The number of carbonyl (C=O) groups excluding carboxylic acids is 1. The minimum absolute atomic E-state index is 0.0665. The first-order chi connectivity index (χ1) is 11.2. The largest absolute Gasteiger partial charge is 0.501 e. The van der Waals surface area contributed by atoms with E-state index in [0.29, 0.717) is 6.42 Å². The van der Waals surface area contributed by atoms with Crippen molar-refractivity contribution in [3.05, 3.63) is 35.9 Å². The van der Waals surface area contributed by atoms with Crippen LogP contribution in [0.5, 0.6) is 0 Å². The third-order valence-corrected chi connectivity index (χ3v) is 9.39. The van der Waals surface area contributed by atoms with Crippen LogP contribution in [0.25, 0.3) is 0 Å². The Balaban J connectivity index is 2.18. The highest BCUT2D eigenvalue weighted by Gasteiger charge is 2.43. The van der Waals surface area contributed by atoms with Crippen LogP contribution in [-0.4, -0.2) is 44.7 Å². The van der Waals surface area contributed by atoms with Gasteiger partial charge in [0.2, 0.25) is 0 Å². The molecule has 0 aromatic heterocycles. The van der Waals surface area contributed by atoms with Crippen molar-refractivity contribution in [2.24, 2.45) is 5.92 Å². The molecule has 0 aliphatic heterocycles. The Kier molecular flexibility index (Phi) is 7.13. The highest BCUT2D eigenvalue weighted by molar-refractivity contribution is 7.12. The van der Waals surface area contributed by atoms with Gasteiger partial charge in [0.1, 0.15) is 5.78 Å². The molecule has 0 saturated heterocycles. The van der Waals surface area contributed by atoms with Crippen LogP contribution in [0, 0.1) is 5.92 Å². The molecule has 1 fully saturated rings. The van der Waals surface area contributed by atoms with Gasteiger partial charge < -0.3 is 17.7 Å². The number of Topliss-reactive ketones (excluding diaryl/α,β-unsaturated/α-hetero) is 1. The molecule has 1 aromatic rings. The van der Waals surface area contributed by atoms with Crippen LogP contribution in [-0.2, 0) is 22.5 Å². The Morgan fingerprint density at radius 3 is 2.30 bits per heavy atom. The highest BCUT2D eigenvalue weighted by Crippen LogP contribution is 2.35. The Hall–Kier alpha value is -0.836. The molecule has 0 N–H and O–H groups in total. The van der Waals surface area contributed by atoms with Crippen LogP contribution in [0.1, 0.15) is 37.4 Å². The molecule has 126 valence electrons. The van der Waals surface area contributed by atoms with Gasteiger partial charge in [-0.15, -0.1) is 0 Å². The molecule has 23 heavy (non-hydrogen) atoms. The van der Waals surface area contributed by atoms with E-state index in [4.69, 9.17) is 17.7 Å². The first-order valence-corrected chi connectivity index (χ1v) is 11.4. The average molecular weight is 353 g/mol. The lowest BCUT2D eigenvalue weighted by Crippen LogP contribution is -2.51. The standard InChI is InChI=1S/C16H24O5Si2/c1-18-23(19-2,20-3)22-21-16(13-9-5-4-6-10-13)14-11-7-8-12-15(14)17/h4-6,9-10,14,16H,7-8,11-12H2,1-3H3/t14-,16-/m0/s1. The number of hydrogen-bond donors (Lipinski definition) is 0. The summed E-state index contributed by atoms with van der Waals surface area (Å²) in [5, 5.41) is 0. The fraction of sp³-hybridized carbons (Fsp3) is 0.562. The molecule has 1 aliphatic rings. The van der Waals surface area contributed by atoms with Crippen molar-refractivity contribution in [3.8, 4) is 0 Å². The Morgan fingerprint density at radius 1 is 1.09 bits per heavy atom. The van der Waals surface area contributed by atoms with Gasteiger partial charge in [-0.1, -0.05) is 36.8 Å². The highest BCUT2D eigenvalue weighted by atomic mass is 29.2. The van der Waals surface area contributed by atoms with E-state index in [2.05, 4.69) is 0 Å². The van der Waals surface area contributed by atoms with E-state index in [1.165, 1.54) is 0 Å². The molecule has 0 unspecified atom stereocenters. The van der Waals surface area contributed by atoms with E-state index < -0.39 is 8.32 Å². The predicted octanol–water partition coefficient (Wildman–Crippen LogP) is 2.50. The topological polar surface area (TPSA) is 54.0 Å². The van der Waals surface area contributed by atoms with E-state index in [9.17, 15) is 4.79 Å². The van der Waals surface area contributed by atoms with E-state index in [0.717, 1.165) is 24.8 Å². The van der Waals surface area contributed by atoms with Gasteiger partial charge in [0.15, 0.2) is 0 Å². The van der Waals surface area contributed by atoms with Gasteiger partial charge >= 0.3 is 17.6 Å². The summed E-state index contributed by atoms with van der Waals surface area (Å²) in [6.07, 6.45) is 3.28. The molecule has 1 aliphatic carbocycles. The first-order valence-electron chi connectivity index (χ1n) is 7.81. The zero-order chi connectivity index (χ0) is 16.7. The lowest BCUT2D eigenvalue weighted by Gasteiger charge is -2.32. The third kappa shape index (κ3) is 4.59. The molecule has 0 bridgehead atoms. The maximum Gasteiger partial charge on any atom is 0.501 e. The van der Waals surface area contributed by atoms with Gasteiger partial charge in [-0.05, 0) is 18.4 Å². The van der Waals surface area contributed by atoms with Crippen LogP contribution < -0.4 is 0 Å². The Bertz CT molecular complexity index is 484. The maximum atomic E-state index is 12.4. The molecular formula is C16H24O5Si2. The van der Waals surface area contributed by atoms with Gasteiger partial charge in [-0.25, -0.2) is 0 Å². The smallest absolute Gasteiger partial charge is 0.406 e. The van der Waals surface area contributed by atoms with Gasteiger partial charge in [-0.3, -0.25) is 4.79 Å². The second kappa shape index (κ2) is 8.86. The second-order valence-electron chi connectivity index (χ2n) is 5.54. The summed E-state index contributed by atoms with van der Waals surface area (Å²) in [6.45, 7) is 0. The fourth-order valence-corrected chi connectivity index (χ4v) is 5.75. The van der Waals surface area contributed by atoms with Gasteiger partial charge in [0.25, 0.3) is 0 Å². The normalized spacial score (nSPS) is 20.5. The lowest BCUT2D eigenvalue weighted by molar-refractivity contribution is -0.128. The number of rotatable bonds is 8. The lowest BCUT2D eigenvalue weighted by atomic mass is 9.82. The summed E-state index contributed by atoms with van der Waals surface area (Å²) < 4.78 is 22.5. The van der Waals surface area contributed by atoms with Crippen molar-refractivity contribution in [2.45, 2.75) is 31.8 Å². The number of carbonyl (C=O) groups is 1. The van der Waals surface area contributed by atoms with E-state index in [-0.39, 0.29) is 27.1 Å². The van der Waals surface area contributed by atoms with Crippen molar-refractivity contribution in [1.29, 1.82) is 0 Å². The number of benzene rings is 1. The molecule has 5 nitrogen and oxygen atoms in total. The van der Waals surface area contributed by atoms with Crippen LogP contribution in [0.2, 0.25) is 0 Å². The van der Waals surface area contributed by atoms with E-state index in [1.54, 1.807) is 21.3 Å². The average Bonchev–Trinajstić information content (AvgIpc) is 2.61. The third-order valence-electron chi connectivity index (χ3n) is 4.21. The molecule has 2 rings (SSSR count). The van der Waals surface area contributed by atoms with Crippen molar-refractivity contribution in [2.75, 3.05) is 21.3 Å². The summed E-state index contributed by atoms with van der Waals surface area (Å²) in [6, 6.07) is 9.91. The van der Waals surface area contributed by atoms with Crippen molar-refractivity contribution in [3.63, 3.8) is 0 Å². The van der Waals surface area contributed by atoms with Gasteiger partial charge in [-0.2, -0.15) is 0 Å². The van der Waals surface area contributed by atoms with Gasteiger partial charge in [0, 0.05) is 33.7 Å². The zero-order valence-corrected chi connectivity index (χ0v) is 15.9. The predicted molar refractivity (Wildman–Crippen MR) is 89.8 cm³/mol. The molecule has 0 heterocycles. The fourth-order valence-electron chi connectivity index (χ4n) is 2.87. The first kappa shape index (κ1) is 18.5. The molecular weight excluding hydrogens is 328 g/mol. The minimum atomic E-state index is -2.80. The molecule has 0 amide bonds. The molecule has 2 atom stereocenters. The monoisotopic (exact) mass is 352 g/mol. The quantitative estimate of drug-likeness (QED) is 0.673. The molecule has 2 radical (unpaired) electrons. The SMILES string of the molecule is CO[Si](OC)(OC)[Si]O[C@@H](c1ccccc1)[C@H]1CCCCC1=O. The minimum Gasteiger partial charge on any atom is -0.406 e. The number of hydrogen-bond acceptors (Lipinski definition) is 5. The summed E-state index contributed by atoms with van der Waals surface area (Å²) in [5.41, 5.74) is 1.02. The molecule has 1 saturated carbocycles. The molecule has 0 spiro atoms. The van der Waals surface area contributed by atoms with Crippen molar-refractivity contribution >= 4 is 23.4 Å².